The molecule has 0 amide bonds. The zero-order valence-electron chi connectivity index (χ0n) is 21.6. The zero-order valence-corrected chi connectivity index (χ0v) is 22.3. The van der Waals surface area contributed by atoms with Gasteiger partial charge in [0.25, 0.3) is 0 Å². The number of rotatable bonds is 6. The maximum atomic E-state index is 13.6. The van der Waals surface area contributed by atoms with Crippen LogP contribution in [0.4, 0.5) is 4.39 Å². The Morgan fingerprint density at radius 3 is 2.53 bits per heavy atom. The van der Waals surface area contributed by atoms with Gasteiger partial charge in [0.1, 0.15) is 5.82 Å². The number of fused-ring (bicyclic) bond motifs is 5. The van der Waals surface area contributed by atoms with Crippen LogP contribution in [-0.4, -0.2) is 41.3 Å². The molecule has 194 valence electrons. The first-order chi connectivity index (χ1) is 17.4. The molecule has 5 aliphatic rings. The summed E-state index contributed by atoms with van der Waals surface area (Å²) in [6.45, 7) is 9.61. The molecule has 1 aromatic heterocycles. The van der Waals surface area contributed by atoms with E-state index in [-0.39, 0.29) is 5.82 Å². The van der Waals surface area contributed by atoms with Crippen molar-refractivity contribution in [2.75, 3.05) is 26.2 Å². The molecule has 2 aromatic rings. The number of hydrogen-bond acceptors (Lipinski definition) is 4. The van der Waals surface area contributed by atoms with Gasteiger partial charge in [-0.15, -0.1) is 10.2 Å². The molecule has 6 unspecified atom stereocenters. The van der Waals surface area contributed by atoms with Crippen molar-refractivity contribution in [2.24, 2.45) is 47.3 Å². The van der Waals surface area contributed by atoms with Crippen LogP contribution in [0.5, 0.6) is 5.88 Å². The minimum absolute atomic E-state index is 0.340. The van der Waals surface area contributed by atoms with E-state index in [2.05, 4.69) is 28.9 Å². The molecule has 2 heterocycles. The molecule has 6 heteroatoms. The first-order valence-electron chi connectivity index (χ1n) is 14.1. The van der Waals surface area contributed by atoms with E-state index in [1.54, 1.807) is 6.07 Å². The molecule has 7 rings (SSSR count). The van der Waals surface area contributed by atoms with Crippen molar-refractivity contribution in [1.82, 2.24) is 15.1 Å². The highest BCUT2D eigenvalue weighted by Gasteiger charge is 2.44. The monoisotopic (exact) mass is 511 g/mol. The van der Waals surface area contributed by atoms with Gasteiger partial charge in [-0.3, -0.25) is 0 Å². The topological polar surface area (TPSA) is 38.2 Å². The Kier molecular flexibility index (Phi) is 6.98. The normalized spacial score (nSPS) is 36.1. The van der Waals surface area contributed by atoms with Crippen molar-refractivity contribution in [1.29, 1.82) is 0 Å². The van der Waals surface area contributed by atoms with Crippen LogP contribution in [0.25, 0.3) is 11.3 Å². The van der Waals surface area contributed by atoms with Crippen molar-refractivity contribution in [3.8, 4) is 17.1 Å². The molecule has 1 aliphatic heterocycles. The van der Waals surface area contributed by atoms with Crippen LogP contribution < -0.4 is 4.74 Å². The lowest BCUT2D eigenvalue weighted by Crippen LogP contribution is -2.38. The third-order valence-corrected chi connectivity index (χ3v) is 10.1. The molecule has 4 saturated carbocycles. The average Bonchev–Trinajstić information content (AvgIpc) is 3.30. The molecule has 4 nitrogen and oxygen atoms in total. The summed E-state index contributed by atoms with van der Waals surface area (Å²) in [7, 11) is 0. The number of halogens is 2. The van der Waals surface area contributed by atoms with Crippen LogP contribution >= 0.6 is 11.6 Å². The van der Waals surface area contributed by atoms with E-state index in [9.17, 15) is 4.39 Å². The predicted octanol–water partition coefficient (Wildman–Crippen LogP) is 6.98. The van der Waals surface area contributed by atoms with Gasteiger partial charge in [0.2, 0.25) is 5.88 Å². The largest absolute Gasteiger partial charge is 0.476 e. The van der Waals surface area contributed by atoms with Gasteiger partial charge in [0.05, 0.1) is 17.3 Å². The molecule has 2 bridgehead atoms. The number of hydrogen-bond donors (Lipinski definition) is 0. The molecular formula is C30H39ClFN3O. The van der Waals surface area contributed by atoms with Gasteiger partial charge in [0.15, 0.2) is 0 Å². The lowest BCUT2D eigenvalue weighted by molar-refractivity contribution is 0.0975. The maximum Gasteiger partial charge on any atom is 0.233 e. The van der Waals surface area contributed by atoms with Crippen LogP contribution in [0.1, 0.15) is 52.4 Å². The van der Waals surface area contributed by atoms with Crippen molar-refractivity contribution < 1.29 is 9.13 Å². The molecule has 36 heavy (non-hydrogen) atoms. The maximum absolute atomic E-state index is 13.6. The second-order valence-corrected chi connectivity index (χ2v) is 13.0. The Morgan fingerprint density at radius 2 is 1.78 bits per heavy atom. The molecule has 0 radical (unpaired) electrons. The highest BCUT2D eigenvalue weighted by Crippen LogP contribution is 2.49. The first kappa shape index (κ1) is 24.6. The van der Waals surface area contributed by atoms with Crippen molar-refractivity contribution in [2.45, 2.75) is 52.4 Å². The van der Waals surface area contributed by atoms with Gasteiger partial charge in [0, 0.05) is 31.3 Å². The molecule has 0 N–H and O–H groups in total. The molecule has 4 aliphatic carbocycles. The first-order valence-corrected chi connectivity index (χ1v) is 14.4. The number of aromatic nitrogens is 2. The fraction of sp³-hybridized carbons (Fsp3) is 0.667. The molecule has 5 fully saturated rings. The lowest BCUT2D eigenvalue weighted by Gasteiger charge is -2.39. The smallest absolute Gasteiger partial charge is 0.233 e. The Bertz CT molecular complexity index is 1050. The Morgan fingerprint density at radius 1 is 0.972 bits per heavy atom. The van der Waals surface area contributed by atoms with Gasteiger partial charge in [-0.2, -0.15) is 0 Å². The van der Waals surface area contributed by atoms with Gasteiger partial charge < -0.3 is 9.64 Å². The fourth-order valence-corrected chi connectivity index (χ4v) is 8.61. The van der Waals surface area contributed by atoms with E-state index in [1.165, 1.54) is 76.4 Å². The quantitative estimate of drug-likeness (QED) is 0.419. The van der Waals surface area contributed by atoms with E-state index >= 15 is 0 Å². The SMILES string of the molecule is CC1CC2CC(C)C(C1)C(CN1C[C@H]3CC(COc4ccc(-c5cc(F)ccc5Cl)nn4)C[C@H]3C1)C2. The van der Waals surface area contributed by atoms with Crippen molar-refractivity contribution in [3.63, 3.8) is 0 Å². The van der Waals surface area contributed by atoms with Crippen LogP contribution in [0, 0.1) is 53.2 Å². The summed E-state index contributed by atoms with van der Waals surface area (Å²) in [5.41, 5.74) is 1.10. The summed E-state index contributed by atoms with van der Waals surface area (Å²) < 4.78 is 19.6. The summed E-state index contributed by atoms with van der Waals surface area (Å²) in [5, 5.41) is 8.89. The minimum Gasteiger partial charge on any atom is -0.476 e. The summed E-state index contributed by atoms with van der Waals surface area (Å²) in [6.07, 6.45) is 8.40. The van der Waals surface area contributed by atoms with Gasteiger partial charge >= 0.3 is 0 Å². The third kappa shape index (κ3) is 5.15. The van der Waals surface area contributed by atoms with Crippen molar-refractivity contribution >= 4 is 11.6 Å². The van der Waals surface area contributed by atoms with E-state index in [4.69, 9.17) is 16.3 Å². The van der Waals surface area contributed by atoms with Gasteiger partial charge in [-0.25, -0.2) is 4.39 Å². The molecule has 8 atom stereocenters. The second-order valence-electron chi connectivity index (χ2n) is 12.6. The zero-order chi connectivity index (χ0) is 24.8. The Labute approximate surface area is 220 Å². The average molecular weight is 512 g/mol. The van der Waals surface area contributed by atoms with Crippen LogP contribution in [0.3, 0.4) is 0 Å². The van der Waals surface area contributed by atoms with E-state index in [1.807, 2.05) is 6.07 Å². The van der Waals surface area contributed by atoms with E-state index in [0.717, 1.165) is 41.4 Å². The Balaban J connectivity index is 0.984. The van der Waals surface area contributed by atoms with E-state index < -0.39 is 0 Å². The highest BCUT2D eigenvalue weighted by atomic mass is 35.5. The number of ether oxygens (including phenoxy) is 1. The van der Waals surface area contributed by atoms with Crippen LogP contribution in [0.15, 0.2) is 30.3 Å². The molecular weight excluding hydrogens is 473 g/mol. The summed E-state index contributed by atoms with van der Waals surface area (Å²) in [6, 6.07) is 7.87. The summed E-state index contributed by atoms with van der Waals surface area (Å²) >= 11 is 6.20. The third-order valence-electron chi connectivity index (χ3n) is 9.82. The summed E-state index contributed by atoms with van der Waals surface area (Å²) in [4.78, 5) is 2.82. The number of nitrogens with zero attached hydrogens (tertiary/aromatic N) is 3. The second kappa shape index (κ2) is 10.2. The van der Waals surface area contributed by atoms with Crippen LogP contribution in [-0.2, 0) is 0 Å². The minimum atomic E-state index is -0.340. The molecule has 1 aromatic carbocycles. The Hall–Kier alpha value is -1.72. The standard InChI is InChI=1S/C30H39ClFN3O/c1-18-7-20-9-19(2)26(8-18)24(10-20)16-35-14-22-11-21(12-23(22)15-35)17-36-30-6-5-29(33-34-30)27-13-25(32)3-4-28(27)31/h3-6,13,18-24,26H,7-12,14-17H2,1-2H3/t18?,19?,20?,21?,22-,23+,24?,26?. The van der Waals surface area contributed by atoms with Crippen LogP contribution in [0.2, 0.25) is 5.02 Å². The molecule has 1 saturated heterocycles. The van der Waals surface area contributed by atoms with Gasteiger partial charge in [-0.05, 0) is 110 Å². The van der Waals surface area contributed by atoms with Crippen molar-refractivity contribution in [3.05, 3.63) is 41.2 Å². The lowest BCUT2D eigenvalue weighted by atomic mass is 9.69. The number of benzene rings is 1. The summed E-state index contributed by atoms with van der Waals surface area (Å²) in [5.74, 6) is 7.11. The van der Waals surface area contributed by atoms with Gasteiger partial charge in [-0.1, -0.05) is 25.4 Å². The highest BCUT2D eigenvalue weighted by molar-refractivity contribution is 6.33. The molecule has 0 spiro atoms. The van der Waals surface area contributed by atoms with E-state index in [0.29, 0.717) is 34.7 Å². The number of likely N-dealkylation sites (tertiary alicyclic amines) is 1. The fourth-order valence-electron chi connectivity index (χ4n) is 8.40. The predicted molar refractivity (Wildman–Crippen MR) is 141 cm³/mol.